The lowest BCUT2D eigenvalue weighted by atomic mass is 10.3. The van der Waals surface area contributed by atoms with Gasteiger partial charge in [-0.1, -0.05) is 19.3 Å². The highest BCUT2D eigenvalue weighted by molar-refractivity contribution is 6.93. The molecule has 0 amide bonds. The van der Waals surface area contributed by atoms with Crippen molar-refractivity contribution in [2.45, 2.75) is 70.6 Å². The fraction of sp³-hybridized carbons (Fsp3) is 1.00. The van der Waals surface area contributed by atoms with Crippen LogP contribution < -0.4 is 0 Å². The summed E-state index contributed by atoms with van der Waals surface area (Å²) < 4.78 is 25.9. The second-order valence-electron chi connectivity index (χ2n) is 7.08. The molecule has 112 valence electrons. The first-order valence-electron chi connectivity index (χ1n) is 7.34. The molecule has 2 saturated heterocycles. The number of rotatable bonds is 0. The highest BCUT2D eigenvalue weighted by Crippen LogP contribution is 2.38. The zero-order chi connectivity index (χ0) is 14.4. The summed E-state index contributed by atoms with van der Waals surface area (Å²) in [6.07, 6.45) is 3.79. The molecule has 19 heavy (non-hydrogen) atoms. The Labute approximate surface area is 121 Å². The molecule has 0 aromatic rings. The van der Waals surface area contributed by atoms with E-state index in [-0.39, 0.29) is 0 Å². The van der Waals surface area contributed by atoms with E-state index in [1.54, 1.807) is 0 Å². The van der Waals surface area contributed by atoms with Crippen LogP contribution in [0.5, 0.6) is 0 Å². The summed E-state index contributed by atoms with van der Waals surface area (Å²) in [5, 5.41) is 0. The maximum atomic E-state index is 6.60. The first-order chi connectivity index (χ1) is 8.54. The molecule has 2 aliphatic heterocycles. The molecule has 0 radical (unpaired) electrons. The molecule has 2 rings (SSSR count). The minimum atomic E-state index is -2.14. The van der Waals surface area contributed by atoms with E-state index in [4.69, 9.17) is 16.5 Å². The van der Waals surface area contributed by atoms with Crippen molar-refractivity contribution in [3.8, 4) is 0 Å². The Balaban J connectivity index is 2.27. The molecule has 2 aliphatic rings. The lowest BCUT2D eigenvalue weighted by molar-refractivity contribution is 0.225. The van der Waals surface area contributed by atoms with Crippen molar-refractivity contribution in [1.82, 2.24) is 0 Å². The van der Waals surface area contributed by atoms with Crippen LogP contribution in [0.25, 0.3) is 0 Å². The molecule has 0 aliphatic carbocycles. The van der Waals surface area contributed by atoms with Gasteiger partial charge < -0.3 is 16.5 Å². The summed E-state index contributed by atoms with van der Waals surface area (Å²) in [5.74, 6) is 0. The van der Waals surface area contributed by atoms with E-state index in [1.807, 2.05) is 0 Å². The van der Waals surface area contributed by atoms with Crippen LogP contribution in [0, 0.1) is 0 Å². The zero-order valence-corrected chi connectivity index (χ0v) is 17.2. The van der Waals surface area contributed by atoms with Gasteiger partial charge in [-0.3, -0.25) is 0 Å². The molecule has 4 nitrogen and oxygen atoms in total. The first-order valence-corrected chi connectivity index (χ1v) is 18.0. The maximum Gasteiger partial charge on any atom is 0.320 e. The van der Waals surface area contributed by atoms with E-state index in [9.17, 15) is 0 Å². The van der Waals surface area contributed by atoms with Crippen molar-refractivity contribution in [3.05, 3.63) is 0 Å². The Kier molecular flexibility index (Phi) is 4.37. The molecule has 0 atom stereocenters. The third kappa shape index (κ3) is 4.34. The van der Waals surface area contributed by atoms with Crippen LogP contribution in [-0.4, -0.2) is 34.2 Å². The van der Waals surface area contributed by atoms with Gasteiger partial charge in [0.15, 0.2) is 0 Å². The van der Waals surface area contributed by atoms with Crippen LogP contribution in [-0.2, 0) is 16.5 Å². The van der Waals surface area contributed by atoms with Gasteiger partial charge in [-0.05, 0) is 51.4 Å². The Morgan fingerprint density at radius 1 is 0.526 bits per heavy atom. The third-order valence-corrected chi connectivity index (χ3v) is 20.5. The van der Waals surface area contributed by atoms with Crippen LogP contribution in [0.4, 0.5) is 0 Å². The Morgan fingerprint density at radius 3 is 1.32 bits per heavy atom. The van der Waals surface area contributed by atoms with Crippen molar-refractivity contribution in [2.75, 3.05) is 0 Å². The lowest BCUT2D eigenvalue weighted by Crippen LogP contribution is -2.66. The predicted octanol–water partition coefficient (Wildman–Crippen LogP) is 3.80. The molecule has 1 spiro atoms. The molecule has 0 N–H and O–H groups in total. The number of hydrogen-bond acceptors (Lipinski definition) is 4. The van der Waals surface area contributed by atoms with Crippen LogP contribution in [0.1, 0.15) is 19.3 Å². The minimum Gasteiger partial charge on any atom is -0.416 e. The predicted molar refractivity (Wildman–Crippen MR) is 86.0 cm³/mol. The second kappa shape index (κ2) is 5.16. The van der Waals surface area contributed by atoms with Crippen molar-refractivity contribution in [1.29, 1.82) is 0 Å². The summed E-state index contributed by atoms with van der Waals surface area (Å²) >= 11 is 0. The fourth-order valence-electron chi connectivity index (χ4n) is 3.46. The van der Waals surface area contributed by atoms with Gasteiger partial charge in [0.25, 0.3) is 0 Å². The van der Waals surface area contributed by atoms with E-state index in [0.717, 1.165) is 12.1 Å². The van der Waals surface area contributed by atoms with Crippen molar-refractivity contribution in [3.63, 3.8) is 0 Å². The molecule has 2 heterocycles. The van der Waals surface area contributed by atoms with Crippen LogP contribution in [0.15, 0.2) is 0 Å². The van der Waals surface area contributed by atoms with E-state index in [1.165, 1.54) is 19.3 Å². The highest BCUT2D eigenvalue weighted by Gasteiger charge is 2.54. The smallest absolute Gasteiger partial charge is 0.320 e. The van der Waals surface area contributed by atoms with Gasteiger partial charge in [0.05, 0.1) is 0 Å². The molecule has 0 saturated carbocycles. The molecule has 0 unspecified atom stereocenters. The van der Waals surface area contributed by atoms with Crippen LogP contribution in [0.2, 0.25) is 51.4 Å². The quantitative estimate of drug-likeness (QED) is 0.631. The molecule has 0 aromatic heterocycles. The second-order valence-corrected chi connectivity index (χ2v) is 21.6. The molecule has 2 fully saturated rings. The van der Waals surface area contributed by atoms with Crippen molar-refractivity contribution < 1.29 is 16.5 Å². The Hall–Kier alpha value is 0.708. The normalized spacial score (nSPS) is 32.5. The Morgan fingerprint density at radius 2 is 0.895 bits per heavy atom. The van der Waals surface area contributed by atoms with Crippen molar-refractivity contribution >= 4 is 34.2 Å². The summed E-state index contributed by atoms with van der Waals surface area (Å²) in [6, 6.07) is 2.24. The SMILES string of the molecule is C[Si]1(C)O[Si](C)(C)O[Si]2(CCCCC2)O[Si](C)(C)O1. The number of hydrogen-bond donors (Lipinski definition) is 0. The summed E-state index contributed by atoms with van der Waals surface area (Å²) in [4.78, 5) is 0. The van der Waals surface area contributed by atoms with E-state index >= 15 is 0 Å². The summed E-state index contributed by atoms with van der Waals surface area (Å²) in [5.41, 5.74) is 0. The molecule has 8 heteroatoms. The standard InChI is InChI=1S/C11H28O4Si4/c1-16(2)12-17(3,4)14-19(10-8-7-9-11-19)15-18(5,6)13-16/h7-11H2,1-6H3. The van der Waals surface area contributed by atoms with E-state index in [2.05, 4.69) is 39.3 Å². The maximum absolute atomic E-state index is 6.60. The van der Waals surface area contributed by atoms with Crippen molar-refractivity contribution in [2.24, 2.45) is 0 Å². The average Bonchev–Trinajstić information content (AvgIpc) is 2.09. The molecule has 0 aromatic carbocycles. The van der Waals surface area contributed by atoms with Crippen LogP contribution in [0.3, 0.4) is 0 Å². The lowest BCUT2D eigenvalue weighted by Gasteiger charge is -2.49. The van der Waals surface area contributed by atoms with E-state index in [0.29, 0.717) is 0 Å². The van der Waals surface area contributed by atoms with Gasteiger partial charge in [-0.25, -0.2) is 0 Å². The highest BCUT2D eigenvalue weighted by atomic mass is 28.5. The van der Waals surface area contributed by atoms with Gasteiger partial charge in [0, 0.05) is 0 Å². The van der Waals surface area contributed by atoms with Gasteiger partial charge >= 0.3 is 34.2 Å². The first kappa shape index (κ1) is 16.1. The largest absolute Gasteiger partial charge is 0.416 e. The summed E-state index contributed by atoms with van der Waals surface area (Å²) in [7, 11) is -8.49. The zero-order valence-electron chi connectivity index (χ0n) is 13.2. The average molecular weight is 337 g/mol. The van der Waals surface area contributed by atoms with Gasteiger partial charge in [-0.2, -0.15) is 0 Å². The molecule has 0 bridgehead atoms. The third-order valence-electron chi connectivity index (χ3n) is 3.46. The fourth-order valence-corrected chi connectivity index (χ4v) is 25.7. The van der Waals surface area contributed by atoms with Gasteiger partial charge in [-0.15, -0.1) is 0 Å². The summed E-state index contributed by atoms with van der Waals surface area (Å²) in [6.45, 7) is 12.8. The van der Waals surface area contributed by atoms with Crippen LogP contribution >= 0.6 is 0 Å². The molecular weight excluding hydrogens is 308 g/mol. The Bertz CT molecular complexity index is 316. The van der Waals surface area contributed by atoms with Gasteiger partial charge in [0.1, 0.15) is 0 Å². The monoisotopic (exact) mass is 336 g/mol. The molecular formula is C11H28O4Si4. The van der Waals surface area contributed by atoms with E-state index < -0.39 is 34.2 Å². The topological polar surface area (TPSA) is 36.9 Å². The van der Waals surface area contributed by atoms with Gasteiger partial charge in [0.2, 0.25) is 0 Å². The minimum absolute atomic E-state index is 1.12.